The minimum Gasteiger partial charge on any atom is -0.493 e. The summed E-state index contributed by atoms with van der Waals surface area (Å²) < 4.78 is 16.6. The fraction of sp³-hybridized carbons (Fsp3) is 0.583. The number of rotatable bonds is 9. The predicted molar refractivity (Wildman–Crippen MR) is 130 cm³/mol. The monoisotopic (exact) mass is 491 g/mol. The second kappa shape index (κ2) is 12.7. The summed E-state index contributed by atoms with van der Waals surface area (Å²) in [7, 11) is 0. The summed E-state index contributed by atoms with van der Waals surface area (Å²) in [5.74, 6) is -0.340. The second-order valence-corrected chi connectivity index (χ2v) is 9.20. The van der Waals surface area contributed by atoms with Gasteiger partial charge in [0.1, 0.15) is 18.4 Å². The van der Waals surface area contributed by atoms with Crippen molar-refractivity contribution >= 4 is 35.1 Å². The van der Waals surface area contributed by atoms with Gasteiger partial charge in [0.2, 0.25) is 5.91 Å². The summed E-state index contributed by atoms with van der Waals surface area (Å²) in [5.41, 5.74) is 0.350. The van der Waals surface area contributed by atoms with E-state index in [1.807, 2.05) is 0 Å². The molecule has 2 heterocycles. The van der Waals surface area contributed by atoms with Crippen LogP contribution in [-0.2, 0) is 19.1 Å². The van der Waals surface area contributed by atoms with Gasteiger partial charge in [-0.1, -0.05) is 26.0 Å². The molecular weight excluding hydrogens is 458 g/mol. The van der Waals surface area contributed by atoms with E-state index in [0.29, 0.717) is 43.5 Å². The molecule has 0 saturated carbocycles. The molecule has 0 bridgehead atoms. The molecule has 1 aromatic carbocycles. The van der Waals surface area contributed by atoms with Crippen molar-refractivity contribution in [2.24, 2.45) is 5.92 Å². The van der Waals surface area contributed by atoms with Gasteiger partial charge < -0.3 is 24.4 Å². The number of esters is 1. The summed E-state index contributed by atoms with van der Waals surface area (Å²) in [6.07, 6.45) is 2.39. The Morgan fingerprint density at radius 3 is 2.85 bits per heavy atom. The molecule has 2 amide bonds. The molecule has 2 aliphatic rings. The number of hydrogen-bond acceptors (Lipinski definition) is 7. The van der Waals surface area contributed by atoms with Gasteiger partial charge in [0.25, 0.3) is 5.91 Å². The molecule has 0 radical (unpaired) electrons. The first kappa shape index (κ1) is 25.9. The first-order valence-corrected chi connectivity index (χ1v) is 12.1. The number of para-hydroxylation sites is 1. The number of ether oxygens (including phenoxy) is 3. The lowest BCUT2D eigenvalue weighted by molar-refractivity contribution is -0.150. The molecule has 1 aromatic rings. The molecule has 2 saturated heterocycles. The number of amides is 2. The van der Waals surface area contributed by atoms with Gasteiger partial charge in [-0.3, -0.25) is 19.7 Å². The lowest BCUT2D eigenvalue weighted by Crippen LogP contribution is -2.60. The van der Waals surface area contributed by atoms with Crippen molar-refractivity contribution in [2.75, 3.05) is 32.9 Å². The van der Waals surface area contributed by atoms with Crippen LogP contribution < -0.4 is 15.4 Å². The summed E-state index contributed by atoms with van der Waals surface area (Å²) in [6.45, 7) is 6.25. The molecule has 2 N–H and O–H groups in total. The summed E-state index contributed by atoms with van der Waals surface area (Å²) >= 11 is 5.45. The second-order valence-electron chi connectivity index (χ2n) is 8.81. The number of benzene rings is 1. The van der Waals surface area contributed by atoms with Gasteiger partial charge in [-0.25, -0.2) is 0 Å². The Balaban J connectivity index is 1.60. The van der Waals surface area contributed by atoms with Crippen molar-refractivity contribution in [3.63, 3.8) is 0 Å². The van der Waals surface area contributed by atoms with Crippen LogP contribution in [0.25, 0.3) is 0 Å². The van der Waals surface area contributed by atoms with Gasteiger partial charge in [-0.05, 0) is 49.5 Å². The maximum absolute atomic E-state index is 13.0. The molecule has 0 aromatic heterocycles. The van der Waals surface area contributed by atoms with Gasteiger partial charge in [0.15, 0.2) is 5.11 Å². The standard InChI is InChI=1S/C24H33N3O6S/c1-16(2)9-13-32-20-8-4-3-7-18(20)22(29)26-24(34)27-11-10-25-23(30)19(27)14-21(28)33-15-17-6-5-12-31-17/h3-4,7-8,16-17,19H,5-6,9-15H2,1-2H3,(H,25,30)(H,26,29,34). The molecule has 0 aliphatic carbocycles. The van der Waals surface area contributed by atoms with E-state index in [0.717, 1.165) is 19.3 Å². The van der Waals surface area contributed by atoms with E-state index in [-0.39, 0.29) is 30.2 Å². The predicted octanol–water partition coefficient (Wildman–Crippen LogP) is 2.04. The smallest absolute Gasteiger partial charge is 0.308 e. The van der Waals surface area contributed by atoms with Crippen LogP contribution in [-0.4, -0.2) is 72.9 Å². The lowest BCUT2D eigenvalue weighted by Gasteiger charge is -2.36. The maximum Gasteiger partial charge on any atom is 0.308 e. The first-order chi connectivity index (χ1) is 16.3. The van der Waals surface area contributed by atoms with Crippen LogP contribution >= 0.6 is 12.2 Å². The highest BCUT2D eigenvalue weighted by Crippen LogP contribution is 2.19. The van der Waals surface area contributed by atoms with Crippen molar-refractivity contribution < 1.29 is 28.6 Å². The van der Waals surface area contributed by atoms with E-state index in [1.54, 1.807) is 29.2 Å². The molecule has 186 valence electrons. The van der Waals surface area contributed by atoms with Crippen LogP contribution in [0.15, 0.2) is 24.3 Å². The Hall–Kier alpha value is -2.72. The number of thiocarbonyl (C=S) groups is 1. The third kappa shape index (κ3) is 7.39. The molecule has 2 unspecified atom stereocenters. The number of carbonyl (C=O) groups excluding carboxylic acids is 3. The normalized spacial score (nSPS) is 20.1. The zero-order valence-corrected chi connectivity index (χ0v) is 20.5. The lowest BCUT2D eigenvalue weighted by atomic mass is 10.1. The largest absolute Gasteiger partial charge is 0.493 e. The van der Waals surface area contributed by atoms with Crippen LogP contribution in [0.4, 0.5) is 0 Å². The minimum absolute atomic E-state index is 0.0776. The highest BCUT2D eigenvalue weighted by Gasteiger charge is 2.34. The van der Waals surface area contributed by atoms with Gasteiger partial charge >= 0.3 is 5.97 Å². The Bertz CT molecular complexity index is 887. The maximum atomic E-state index is 13.0. The minimum atomic E-state index is -0.865. The molecule has 3 rings (SSSR count). The third-order valence-electron chi connectivity index (χ3n) is 5.71. The number of nitrogens with zero attached hydrogens (tertiary/aromatic N) is 1. The average molecular weight is 492 g/mol. The highest BCUT2D eigenvalue weighted by molar-refractivity contribution is 7.80. The highest BCUT2D eigenvalue weighted by atomic mass is 32.1. The molecule has 34 heavy (non-hydrogen) atoms. The molecule has 0 spiro atoms. The Kier molecular flexibility index (Phi) is 9.64. The van der Waals surface area contributed by atoms with Gasteiger partial charge in [0, 0.05) is 19.7 Å². The average Bonchev–Trinajstić information content (AvgIpc) is 3.33. The molecular formula is C24H33N3O6S. The summed E-state index contributed by atoms with van der Waals surface area (Å²) in [4.78, 5) is 39.4. The van der Waals surface area contributed by atoms with Crippen LogP contribution in [0.5, 0.6) is 5.75 Å². The van der Waals surface area contributed by atoms with E-state index in [1.165, 1.54) is 0 Å². The van der Waals surface area contributed by atoms with Crippen LogP contribution in [0, 0.1) is 5.92 Å². The van der Waals surface area contributed by atoms with E-state index in [2.05, 4.69) is 24.5 Å². The summed E-state index contributed by atoms with van der Waals surface area (Å²) in [6, 6.07) is 6.07. The zero-order chi connectivity index (χ0) is 24.5. The zero-order valence-electron chi connectivity index (χ0n) is 19.7. The number of nitrogens with one attached hydrogen (secondary N) is 2. The topological polar surface area (TPSA) is 106 Å². The van der Waals surface area contributed by atoms with Crippen molar-refractivity contribution in [3.05, 3.63) is 29.8 Å². The Morgan fingerprint density at radius 1 is 1.32 bits per heavy atom. The van der Waals surface area contributed by atoms with Crippen molar-refractivity contribution in [3.8, 4) is 5.75 Å². The molecule has 2 fully saturated rings. The van der Waals surface area contributed by atoms with E-state index in [9.17, 15) is 14.4 Å². The Labute approximate surface area is 205 Å². The van der Waals surface area contributed by atoms with Gasteiger partial charge in [0.05, 0.1) is 24.7 Å². The number of piperazine rings is 1. The van der Waals surface area contributed by atoms with Crippen molar-refractivity contribution in [2.45, 2.75) is 51.7 Å². The van der Waals surface area contributed by atoms with E-state index < -0.39 is 17.9 Å². The fourth-order valence-electron chi connectivity index (χ4n) is 3.76. The van der Waals surface area contributed by atoms with Crippen molar-refractivity contribution in [1.82, 2.24) is 15.5 Å². The molecule has 10 heteroatoms. The van der Waals surface area contributed by atoms with Gasteiger partial charge in [-0.15, -0.1) is 0 Å². The quantitative estimate of drug-likeness (QED) is 0.399. The van der Waals surface area contributed by atoms with Gasteiger partial charge in [-0.2, -0.15) is 0 Å². The summed E-state index contributed by atoms with van der Waals surface area (Å²) in [5, 5.41) is 5.51. The third-order valence-corrected chi connectivity index (χ3v) is 6.05. The Morgan fingerprint density at radius 2 is 2.12 bits per heavy atom. The SMILES string of the molecule is CC(C)CCOc1ccccc1C(=O)NC(=S)N1CCNC(=O)C1CC(=O)OCC1CCCO1. The van der Waals surface area contributed by atoms with Crippen LogP contribution in [0.3, 0.4) is 0 Å². The van der Waals surface area contributed by atoms with Crippen LogP contribution in [0.2, 0.25) is 0 Å². The van der Waals surface area contributed by atoms with Crippen LogP contribution in [0.1, 0.15) is 49.9 Å². The molecule has 9 nitrogen and oxygen atoms in total. The molecule has 2 aliphatic heterocycles. The number of carbonyl (C=O) groups is 3. The number of hydrogen-bond donors (Lipinski definition) is 2. The van der Waals surface area contributed by atoms with E-state index >= 15 is 0 Å². The molecule has 2 atom stereocenters. The van der Waals surface area contributed by atoms with E-state index in [4.69, 9.17) is 26.4 Å². The fourth-order valence-corrected chi connectivity index (χ4v) is 4.07. The van der Waals surface area contributed by atoms with Crippen molar-refractivity contribution in [1.29, 1.82) is 0 Å². The first-order valence-electron chi connectivity index (χ1n) is 11.7.